The summed E-state index contributed by atoms with van der Waals surface area (Å²) in [6.45, 7) is 4.87. The highest BCUT2D eigenvalue weighted by Gasteiger charge is 2.04. The number of fused-ring (bicyclic) bond motifs is 1. The molecule has 0 fully saturated rings. The van der Waals surface area contributed by atoms with E-state index in [1.165, 1.54) is 25.7 Å². The maximum Gasteiger partial charge on any atom is 0.127 e. The van der Waals surface area contributed by atoms with Crippen molar-refractivity contribution in [1.82, 2.24) is 5.32 Å². The first-order chi connectivity index (χ1) is 10.3. The van der Waals surface area contributed by atoms with Crippen LogP contribution in [0, 0.1) is 0 Å². The van der Waals surface area contributed by atoms with Crippen LogP contribution in [0.2, 0.25) is 5.02 Å². The van der Waals surface area contributed by atoms with Gasteiger partial charge in [0.1, 0.15) is 12.4 Å². The van der Waals surface area contributed by atoms with Crippen LogP contribution >= 0.6 is 11.6 Å². The van der Waals surface area contributed by atoms with Crippen molar-refractivity contribution < 1.29 is 4.74 Å². The first-order valence-corrected chi connectivity index (χ1v) is 8.21. The Balaban J connectivity index is 1.78. The number of rotatable bonds is 9. The smallest absolute Gasteiger partial charge is 0.127 e. The Labute approximate surface area is 132 Å². The summed E-state index contributed by atoms with van der Waals surface area (Å²) in [5, 5.41) is 6.32. The molecule has 0 aromatic heterocycles. The van der Waals surface area contributed by atoms with E-state index in [1.807, 2.05) is 30.3 Å². The van der Waals surface area contributed by atoms with Gasteiger partial charge in [-0.05, 0) is 25.1 Å². The standard InChI is InChI=1S/C18H24ClNO/c1-2-3-4-7-12-20-13-14-21-18-11-10-17(19)15-8-5-6-9-16(15)18/h5-6,8-11,20H,2-4,7,12-14H2,1H3. The molecule has 2 aromatic carbocycles. The monoisotopic (exact) mass is 305 g/mol. The van der Waals surface area contributed by atoms with Crippen LogP contribution in [0.1, 0.15) is 32.6 Å². The number of unbranched alkanes of at least 4 members (excludes halogenated alkanes) is 3. The molecule has 0 saturated carbocycles. The number of benzene rings is 2. The molecule has 0 aliphatic heterocycles. The molecule has 0 atom stereocenters. The van der Waals surface area contributed by atoms with Gasteiger partial charge in [-0.2, -0.15) is 0 Å². The van der Waals surface area contributed by atoms with Crippen LogP contribution in [0.25, 0.3) is 10.8 Å². The quantitative estimate of drug-likeness (QED) is 0.655. The van der Waals surface area contributed by atoms with Gasteiger partial charge in [0.25, 0.3) is 0 Å². The van der Waals surface area contributed by atoms with Gasteiger partial charge in [0.15, 0.2) is 0 Å². The molecule has 0 aliphatic carbocycles. The van der Waals surface area contributed by atoms with Crippen LogP contribution in [-0.2, 0) is 0 Å². The molecule has 1 N–H and O–H groups in total. The summed E-state index contributed by atoms with van der Waals surface area (Å²) in [6.07, 6.45) is 5.17. The summed E-state index contributed by atoms with van der Waals surface area (Å²) in [6, 6.07) is 11.9. The number of ether oxygens (including phenoxy) is 1. The van der Waals surface area contributed by atoms with Crippen LogP contribution in [-0.4, -0.2) is 19.7 Å². The maximum atomic E-state index is 6.21. The Bertz CT molecular complexity index is 556. The van der Waals surface area contributed by atoms with Gasteiger partial charge in [-0.25, -0.2) is 0 Å². The average molecular weight is 306 g/mol. The van der Waals surface area contributed by atoms with Crippen LogP contribution < -0.4 is 10.1 Å². The van der Waals surface area contributed by atoms with Crippen LogP contribution in [0.5, 0.6) is 5.75 Å². The Hall–Kier alpha value is -1.25. The van der Waals surface area contributed by atoms with Gasteiger partial charge < -0.3 is 10.1 Å². The van der Waals surface area contributed by atoms with Crippen LogP contribution in [0.4, 0.5) is 0 Å². The molecule has 0 radical (unpaired) electrons. The highest BCUT2D eigenvalue weighted by molar-refractivity contribution is 6.35. The van der Waals surface area contributed by atoms with Gasteiger partial charge in [0.2, 0.25) is 0 Å². The Kier molecular flexibility index (Phi) is 6.84. The molecule has 0 aliphatic rings. The lowest BCUT2D eigenvalue weighted by molar-refractivity contribution is 0.317. The topological polar surface area (TPSA) is 21.3 Å². The average Bonchev–Trinajstić information content (AvgIpc) is 2.52. The summed E-state index contributed by atoms with van der Waals surface area (Å²) in [7, 11) is 0. The molecule has 0 bridgehead atoms. The minimum atomic E-state index is 0.680. The molecule has 2 nitrogen and oxygen atoms in total. The van der Waals surface area contributed by atoms with Crippen molar-refractivity contribution in [2.24, 2.45) is 0 Å². The zero-order valence-electron chi connectivity index (χ0n) is 12.7. The Morgan fingerprint density at radius 3 is 2.57 bits per heavy atom. The fourth-order valence-corrected chi connectivity index (χ4v) is 2.62. The van der Waals surface area contributed by atoms with E-state index in [2.05, 4.69) is 18.3 Å². The normalized spacial score (nSPS) is 11.0. The zero-order valence-corrected chi connectivity index (χ0v) is 13.5. The molecule has 0 amide bonds. The number of hydrogen-bond donors (Lipinski definition) is 1. The van der Waals surface area contributed by atoms with Gasteiger partial charge in [-0.3, -0.25) is 0 Å². The van der Waals surface area contributed by atoms with E-state index >= 15 is 0 Å². The van der Waals surface area contributed by atoms with E-state index in [0.29, 0.717) is 6.61 Å². The van der Waals surface area contributed by atoms with Crippen molar-refractivity contribution >= 4 is 22.4 Å². The largest absolute Gasteiger partial charge is 0.492 e. The second-order valence-corrected chi connectivity index (χ2v) is 5.66. The molecule has 21 heavy (non-hydrogen) atoms. The van der Waals surface area contributed by atoms with Crippen molar-refractivity contribution in [3.8, 4) is 5.75 Å². The minimum absolute atomic E-state index is 0.680. The van der Waals surface area contributed by atoms with Gasteiger partial charge in [-0.1, -0.05) is 62.1 Å². The molecule has 3 heteroatoms. The minimum Gasteiger partial charge on any atom is -0.492 e. The van der Waals surface area contributed by atoms with Crippen LogP contribution in [0.3, 0.4) is 0 Å². The third kappa shape index (κ3) is 4.90. The molecule has 0 saturated heterocycles. The lowest BCUT2D eigenvalue weighted by Gasteiger charge is -2.11. The van der Waals surface area contributed by atoms with E-state index < -0.39 is 0 Å². The number of nitrogens with one attached hydrogen (secondary N) is 1. The SMILES string of the molecule is CCCCCCNCCOc1ccc(Cl)c2ccccc12. The molecule has 0 unspecified atom stereocenters. The summed E-state index contributed by atoms with van der Waals surface area (Å²) in [5.41, 5.74) is 0. The van der Waals surface area contributed by atoms with E-state index in [1.54, 1.807) is 0 Å². The van der Waals surface area contributed by atoms with Crippen molar-refractivity contribution in [3.63, 3.8) is 0 Å². The highest BCUT2D eigenvalue weighted by Crippen LogP contribution is 2.31. The summed E-state index contributed by atoms with van der Waals surface area (Å²) in [4.78, 5) is 0. The molecule has 114 valence electrons. The lowest BCUT2D eigenvalue weighted by atomic mass is 10.1. The fourth-order valence-electron chi connectivity index (χ4n) is 2.40. The van der Waals surface area contributed by atoms with Gasteiger partial charge in [0, 0.05) is 22.3 Å². The predicted octanol–water partition coefficient (Wildman–Crippen LogP) is 5.04. The predicted molar refractivity (Wildman–Crippen MR) is 91.5 cm³/mol. The van der Waals surface area contributed by atoms with Gasteiger partial charge >= 0.3 is 0 Å². The third-order valence-corrected chi connectivity index (χ3v) is 3.90. The zero-order chi connectivity index (χ0) is 14.9. The Morgan fingerprint density at radius 2 is 1.76 bits per heavy atom. The summed E-state index contributed by atoms with van der Waals surface area (Å²) < 4.78 is 5.88. The molecule has 2 aromatic rings. The van der Waals surface area contributed by atoms with E-state index in [9.17, 15) is 0 Å². The molecular weight excluding hydrogens is 282 g/mol. The molecule has 0 spiro atoms. The van der Waals surface area contributed by atoms with Crippen molar-refractivity contribution in [2.45, 2.75) is 32.6 Å². The van der Waals surface area contributed by atoms with Gasteiger partial charge in [0.05, 0.1) is 0 Å². The molecular formula is C18H24ClNO. The van der Waals surface area contributed by atoms with Crippen molar-refractivity contribution in [3.05, 3.63) is 41.4 Å². The second-order valence-electron chi connectivity index (χ2n) is 5.25. The van der Waals surface area contributed by atoms with Crippen molar-refractivity contribution in [2.75, 3.05) is 19.7 Å². The van der Waals surface area contributed by atoms with Crippen molar-refractivity contribution in [1.29, 1.82) is 0 Å². The maximum absolute atomic E-state index is 6.21. The fraction of sp³-hybridized carbons (Fsp3) is 0.444. The Morgan fingerprint density at radius 1 is 0.952 bits per heavy atom. The molecule has 2 rings (SSSR count). The van der Waals surface area contributed by atoms with Gasteiger partial charge in [-0.15, -0.1) is 0 Å². The first-order valence-electron chi connectivity index (χ1n) is 7.83. The molecule has 0 heterocycles. The first kappa shape index (κ1) is 16.1. The van der Waals surface area contributed by atoms with E-state index in [-0.39, 0.29) is 0 Å². The summed E-state index contributed by atoms with van der Waals surface area (Å²) >= 11 is 6.21. The third-order valence-electron chi connectivity index (χ3n) is 3.57. The number of halogens is 1. The second kappa shape index (κ2) is 8.91. The lowest BCUT2D eigenvalue weighted by Crippen LogP contribution is -2.22. The van der Waals surface area contributed by atoms with E-state index in [4.69, 9.17) is 16.3 Å². The summed E-state index contributed by atoms with van der Waals surface area (Å²) in [5.74, 6) is 0.905. The van der Waals surface area contributed by atoms with Crippen LogP contribution in [0.15, 0.2) is 36.4 Å². The van der Waals surface area contributed by atoms with E-state index in [0.717, 1.165) is 34.6 Å². The highest BCUT2D eigenvalue weighted by atomic mass is 35.5. The number of hydrogen-bond acceptors (Lipinski definition) is 2.